The molecule has 142 valence electrons. The maximum Gasteiger partial charge on any atom is 0.246 e. The van der Waals surface area contributed by atoms with Gasteiger partial charge >= 0.3 is 0 Å². The van der Waals surface area contributed by atoms with E-state index >= 15 is 0 Å². The average Bonchev–Trinajstić information content (AvgIpc) is 3.25. The maximum atomic E-state index is 13.7. The molecule has 4 nitrogen and oxygen atoms in total. The van der Waals surface area contributed by atoms with Gasteiger partial charge in [-0.1, -0.05) is 72.3 Å². The third kappa shape index (κ3) is 2.70. The van der Waals surface area contributed by atoms with Gasteiger partial charge in [-0.2, -0.15) is 4.31 Å². The predicted octanol–water partition coefficient (Wildman–Crippen LogP) is 4.38. The third-order valence-electron chi connectivity index (χ3n) is 5.64. The Morgan fingerprint density at radius 3 is 2.32 bits per heavy atom. The molecule has 2 aliphatic rings. The highest BCUT2D eigenvalue weighted by Gasteiger charge is 2.53. The van der Waals surface area contributed by atoms with Gasteiger partial charge in [0, 0.05) is 6.42 Å². The Bertz CT molecular complexity index is 1110. The van der Waals surface area contributed by atoms with Crippen LogP contribution in [0.15, 0.2) is 83.8 Å². The number of rotatable bonds is 3. The average molecular weight is 391 g/mol. The zero-order chi connectivity index (χ0) is 19.3. The molecule has 3 aromatic rings. The van der Waals surface area contributed by atoms with Crippen molar-refractivity contribution in [1.29, 1.82) is 0 Å². The second kappa shape index (κ2) is 6.55. The van der Waals surface area contributed by atoms with Gasteiger partial charge in [0.2, 0.25) is 10.0 Å². The van der Waals surface area contributed by atoms with Gasteiger partial charge in [0.1, 0.15) is 0 Å². The Morgan fingerprint density at radius 2 is 1.57 bits per heavy atom. The van der Waals surface area contributed by atoms with Gasteiger partial charge < -0.3 is 4.74 Å². The standard InChI is InChI=1S/C23H21NO3S/c1-16-11-13-19(14-12-16)28(25,26)24-22-20-10-6-5-9-18(20)15-21(22)27-23(24)17-7-3-2-4-8-17/h2-14,21-23H,15H2,1H3/t21-,22+,23-/m0/s1. The predicted molar refractivity (Wildman–Crippen MR) is 107 cm³/mol. The summed E-state index contributed by atoms with van der Waals surface area (Å²) < 4.78 is 35.4. The first-order valence-electron chi connectivity index (χ1n) is 9.44. The molecule has 0 unspecified atom stereocenters. The topological polar surface area (TPSA) is 46.6 Å². The van der Waals surface area contributed by atoms with Crippen LogP contribution in [-0.2, 0) is 21.2 Å². The summed E-state index contributed by atoms with van der Waals surface area (Å²) in [6, 6.07) is 24.4. The zero-order valence-corrected chi connectivity index (χ0v) is 16.3. The maximum absolute atomic E-state index is 13.7. The first-order chi connectivity index (χ1) is 13.6. The van der Waals surface area contributed by atoms with E-state index in [-0.39, 0.29) is 12.1 Å². The molecule has 0 N–H and O–H groups in total. The second-order valence-electron chi connectivity index (χ2n) is 7.43. The molecule has 0 aromatic heterocycles. The molecule has 28 heavy (non-hydrogen) atoms. The summed E-state index contributed by atoms with van der Waals surface area (Å²) in [7, 11) is -3.74. The van der Waals surface area contributed by atoms with Crippen LogP contribution >= 0.6 is 0 Å². The van der Waals surface area contributed by atoms with Crippen LogP contribution in [0.2, 0.25) is 0 Å². The minimum atomic E-state index is -3.74. The Kier molecular flexibility index (Phi) is 4.12. The van der Waals surface area contributed by atoms with E-state index in [1.165, 1.54) is 0 Å². The highest BCUT2D eigenvalue weighted by Crippen LogP contribution is 2.51. The number of ether oxygens (including phenoxy) is 1. The van der Waals surface area contributed by atoms with Crippen molar-refractivity contribution in [3.63, 3.8) is 0 Å². The zero-order valence-electron chi connectivity index (χ0n) is 15.5. The summed E-state index contributed by atoms with van der Waals surface area (Å²) in [5, 5.41) is 0. The van der Waals surface area contributed by atoms with E-state index < -0.39 is 16.3 Å². The Labute approximate surface area is 165 Å². The van der Waals surface area contributed by atoms with Crippen LogP contribution in [0.1, 0.15) is 34.5 Å². The summed E-state index contributed by atoms with van der Waals surface area (Å²) in [6.45, 7) is 1.95. The fourth-order valence-electron chi connectivity index (χ4n) is 4.28. The van der Waals surface area contributed by atoms with Crippen molar-refractivity contribution < 1.29 is 13.2 Å². The van der Waals surface area contributed by atoms with Crippen LogP contribution in [0.3, 0.4) is 0 Å². The molecular weight excluding hydrogens is 370 g/mol. The lowest BCUT2D eigenvalue weighted by atomic mass is 10.1. The van der Waals surface area contributed by atoms with Crippen molar-refractivity contribution >= 4 is 10.0 Å². The lowest BCUT2D eigenvalue weighted by molar-refractivity contribution is 0.0217. The smallest absolute Gasteiger partial charge is 0.246 e. The minimum absolute atomic E-state index is 0.178. The van der Waals surface area contributed by atoms with Gasteiger partial charge in [-0.15, -0.1) is 0 Å². The number of sulfonamides is 1. The SMILES string of the molecule is Cc1ccc(S(=O)(=O)N2[C@@H]3c4ccccc4C[C@@H]3O[C@H]2c2ccccc2)cc1. The molecular formula is C23H21NO3S. The third-order valence-corrected chi connectivity index (χ3v) is 7.48. The number of nitrogens with zero attached hydrogens (tertiary/aromatic N) is 1. The highest BCUT2D eigenvalue weighted by molar-refractivity contribution is 7.89. The largest absolute Gasteiger partial charge is 0.352 e. The molecule has 3 aromatic carbocycles. The number of hydrogen-bond donors (Lipinski definition) is 0. The van der Waals surface area contributed by atoms with E-state index in [2.05, 4.69) is 6.07 Å². The van der Waals surface area contributed by atoms with Crippen molar-refractivity contribution in [3.05, 3.63) is 101 Å². The fourth-order valence-corrected chi connectivity index (χ4v) is 5.98. The lowest BCUT2D eigenvalue weighted by Crippen LogP contribution is -2.34. The van der Waals surface area contributed by atoms with Crippen LogP contribution in [0, 0.1) is 6.92 Å². The molecule has 0 bridgehead atoms. The first-order valence-corrected chi connectivity index (χ1v) is 10.9. The van der Waals surface area contributed by atoms with Crippen LogP contribution in [-0.4, -0.2) is 18.8 Å². The Morgan fingerprint density at radius 1 is 0.893 bits per heavy atom. The second-order valence-corrected chi connectivity index (χ2v) is 9.28. The molecule has 0 saturated carbocycles. The van der Waals surface area contributed by atoms with E-state index in [0.717, 1.165) is 28.7 Å². The molecule has 1 saturated heterocycles. The molecule has 0 spiro atoms. The minimum Gasteiger partial charge on any atom is -0.352 e. The molecule has 5 rings (SSSR count). The van der Waals surface area contributed by atoms with Crippen molar-refractivity contribution in [3.8, 4) is 0 Å². The van der Waals surface area contributed by atoms with Crippen molar-refractivity contribution in [1.82, 2.24) is 4.31 Å². The summed E-state index contributed by atoms with van der Waals surface area (Å²) in [5.41, 5.74) is 4.08. The molecule has 1 fully saturated rings. The van der Waals surface area contributed by atoms with Crippen molar-refractivity contribution in [2.24, 2.45) is 0 Å². The van der Waals surface area contributed by atoms with E-state index in [4.69, 9.17) is 4.74 Å². The summed E-state index contributed by atoms with van der Waals surface area (Å²) in [4.78, 5) is 0.299. The van der Waals surface area contributed by atoms with E-state index in [9.17, 15) is 8.42 Å². The lowest BCUT2D eigenvalue weighted by Gasteiger charge is -2.28. The monoisotopic (exact) mass is 391 g/mol. The first kappa shape index (κ1) is 17.6. The van der Waals surface area contributed by atoms with Crippen molar-refractivity contribution in [2.75, 3.05) is 0 Å². The van der Waals surface area contributed by atoms with E-state index in [0.29, 0.717) is 4.90 Å². The highest BCUT2D eigenvalue weighted by atomic mass is 32.2. The fraction of sp³-hybridized carbons (Fsp3) is 0.217. The summed E-state index contributed by atoms with van der Waals surface area (Å²) >= 11 is 0. The van der Waals surface area contributed by atoms with Crippen molar-refractivity contribution in [2.45, 2.75) is 36.6 Å². The van der Waals surface area contributed by atoms with Crippen LogP contribution in [0.25, 0.3) is 0 Å². The molecule has 1 aliphatic heterocycles. The molecule has 1 aliphatic carbocycles. The molecule has 1 heterocycles. The van der Waals surface area contributed by atoms with Gasteiger partial charge in [-0.05, 0) is 35.7 Å². The molecule has 0 radical (unpaired) electrons. The van der Waals surface area contributed by atoms with Crippen LogP contribution < -0.4 is 0 Å². The number of aryl methyl sites for hydroxylation is 1. The summed E-state index contributed by atoms with van der Waals surface area (Å²) in [6.07, 6.45) is -0.0805. The van der Waals surface area contributed by atoms with E-state index in [1.807, 2.05) is 67.6 Å². The normalized spacial score (nSPS) is 24.1. The van der Waals surface area contributed by atoms with Crippen LogP contribution in [0.5, 0.6) is 0 Å². The van der Waals surface area contributed by atoms with Gasteiger partial charge in [-0.3, -0.25) is 0 Å². The molecule has 5 heteroatoms. The van der Waals surface area contributed by atoms with Gasteiger partial charge in [0.25, 0.3) is 0 Å². The number of benzene rings is 3. The summed E-state index contributed by atoms with van der Waals surface area (Å²) in [5.74, 6) is 0. The van der Waals surface area contributed by atoms with Gasteiger partial charge in [0.15, 0.2) is 6.23 Å². The van der Waals surface area contributed by atoms with E-state index in [1.54, 1.807) is 16.4 Å². The number of fused-ring (bicyclic) bond motifs is 3. The number of hydrogen-bond acceptors (Lipinski definition) is 3. The molecule has 0 amide bonds. The molecule has 3 atom stereocenters. The van der Waals surface area contributed by atoms with Gasteiger partial charge in [-0.25, -0.2) is 8.42 Å². The Hall–Kier alpha value is -2.47. The quantitative estimate of drug-likeness (QED) is 0.666. The van der Waals surface area contributed by atoms with Crippen LogP contribution in [0.4, 0.5) is 0 Å². The Balaban J connectivity index is 1.66. The van der Waals surface area contributed by atoms with Gasteiger partial charge in [0.05, 0.1) is 17.0 Å².